The van der Waals surface area contributed by atoms with E-state index in [4.69, 9.17) is 14.2 Å². The Morgan fingerprint density at radius 1 is 1.00 bits per heavy atom. The first-order valence-electron chi connectivity index (χ1n) is 9.50. The van der Waals surface area contributed by atoms with Gasteiger partial charge in [-0.15, -0.1) is 0 Å². The van der Waals surface area contributed by atoms with Gasteiger partial charge in [-0.3, -0.25) is 4.79 Å². The maximum absolute atomic E-state index is 13.0. The molecule has 152 valence electrons. The van der Waals surface area contributed by atoms with Gasteiger partial charge in [0.2, 0.25) is 5.75 Å². The summed E-state index contributed by atoms with van der Waals surface area (Å²) in [5.74, 6) is 1.61. The van der Waals surface area contributed by atoms with Crippen LogP contribution in [-0.2, 0) is 0 Å². The molecule has 0 saturated heterocycles. The van der Waals surface area contributed by atoms with E-state index in [9.17, 15) is 4.79 Å². The SMILES string of the molecule is CCOc1cc(C(=O)Nc2cccnc2-n2cccn2)cc(OCC)c1OCC. The Labute approximate surface area is 169 Å². The number of carbonyl (C=O) groups is 1. The average molecular weight is 396 g/mol. The molecule has 0 radical (unpaired) electrons. The highest BCUT2D eigenvalue weighted by molar-refractivity contribution is 6.05. The van der Waals surface area contributed by atoms with Gasteiger partial charge in [0, 0.05) is 24.2 Å². The van der Waals surface area contributed by atoms with Crippen LogP contribution in [0.4, 0.5) is 5.69 Å². The third-order valence-electron chi connectivity index (χ3n) is 3.93. The molecule has 8 nitrogen and oxygen atoms in total. The maximum Gasteiger partial charge on any atom is 0.256 e. The summed E-state index contributed by atoms with van der Waals surface area (Å²) in [6.07, 6.45) is 5.05. The number of benzene rings is 1. The first-order valence-corrected chi connectivity index (χ1v) is 9.50. The lowest BCUT2D eigenvalue weighted by Gasteiger charge is -2.17. The van der Waals surface area contributed by atoms with E-state index in [2.05, 4.69) is 15.4 Å². The summed E-state index contributed by atoms with van der Waals surface area (Å²) in [6.45, 7) is 6.94. The second kappa shape index (κ2) is 9.59. The second-order valence-electron chi connectivity index (χ2n) is 5.88. The zero-order valence-corrected chi connectivity index (χ0v) is 16.7. The van der Waals surface area contributed by atoms with E-state index in [0.717, 1.165) is 0 Å². The topological polar surface area (TPSA) is 87.5 Å². The van der Waals surface area contributed by atoms with Crippen molar-refractivity contribution >= 4 is 11.6 Å². The summed E-state index contributed by atoms with van der Waals surface area (Å²) in [5, 5.41) is 7.07. The van der Waals surface area contributed by atoms with Crippen molar-refractivity contribution in [2.24, 2.45) is 0 Å². The van der Waals surface area contributed by atoms with Gasteiger partial charge in [0.15, 0.2) is 17.3 Å². The Morgan fingerprint density at radius 3 is 2.28 bits per heavy atom. The molecule has 3 aromatic rings. The first-order chi connectivity index (χ1) is 14.2. The van der Waals surface area contributed by atoms with Gasteiger partial charge in [-0.05, 0) is 51.1 Å². The van der Waals surface area contributed by atoms with Crippen LogP contribution in [0.5, 0.6) is 17.2 Å². The highest BCUT2D eigenvalue weighted by Gasteiger charge is 2.19. The lowest BCUT2D eigenvalue weighted by atomic mass is 10.1. The predicted molar refractivity (Wildman–Crippen MR) is 109 cm³/mol. The molecular formula is C21H24N4O4. The quantitative estimate of drug-likeness (QED) is 0.593. The number of anilines is 1. The minimum absolute atomic E-state index is 0.323. The molecule has 0 saturated carbocycles. The Kier molecular flexibility index (Phi) is 6.67. The van der Waals surface area contributed by atoms with Gasteiger partial charge in [-0.1, -0.05) is 0 Å². The molecule has 0 aliphatic heterocycles. The van der Waals surface area contributed by atoms with Gasteiger partial charge in [-0.2, -0.15) is 5.10 Å². The van der Waals surface area contributed by atoms with Gasteiger partial charge >= 0.3 is 0 Å². The van der Waals surface area contributed by atoms with Crippen LogP contribution in [0, 0.1) is 0 Å². The molecule has 0 atom stereocenters. The number of hydrogen-bond donors (Lipinski definition) is 1. The number of carbonyl (C=O) groups excluding carboxylic acids is 1. The van der Waals surface area contributed by atoms with Crippen LogP contribution in [0.3, 0.4) is 0 Å². The highest BCUT2D eigenvalue weighted by atomic mass is 16.5. The summed E-state index contributed by atoms with van der Waals surface area (Å²) in [5.41, 5.74) is 0.918. The second-order valence-corrected chi connectivity index (χ2v) is 5.88. The van der Waals surface area contributed by atoms with Gasteiger partial charge in [-0.25, -0.2) is 9.67 Å². The Hall–Kier alpha value is -3.55. The van der Waals surface area contributed by atoms with Gasteiger partial charge in [0.25, 0.3) is 5.91 Å². The van der Waals surface area contributed by atoms with Crippen molar-refractivity contribution < 1.29 is 19.0 Å². The molecule has 0 aliphatic rings. The number of nitrogens with one attached hydrogen (secondary N) is 1. The molecule has 0 aliphatic carbocycles. The van der Waals surface area contributed by atoms with Crippen molar-refractivity contribution in [1.29, 1.82) is 0 Å². The normalized spacial score (nSPS) is 10.4. The molecule has 8 heteroatoms. The van der Waals surface area contributed by atoms with E-state index in [0.29, 0.717) is 54.1 Å². The standard InChI is InChI=1S/C21H24N4O4/c1-4-27-17-13-15(14-18(28-5-2)19(17)29-6-3)21(26)24-16-9-7-10-22-20(16)25-12-8-11-23-25/h7-14H,4-6H2,1-3H3,(H,24,26). The van der Waals surface area contributed by atoms with Gasteiger partial charge in [0.05, 0.1) is 25.5 Å². The summed E-state index contributed by atoms with van der Waals surface area (Å²) >= 11 is 0. The van der Waals surface area contributed by atoms with Crippen molar-refractivity contribution in [3.8, 4) is 23.1 Å². The molecule has 0 bridgehead atoms. The Bertz CT molecular complexity index is 930. The van der Waals surface area contributed by atoms with Crippen molar-refractivity contribution in [3.63, 3.8) is 0 Å². The number of pyridine rings is 1. The molecule has 1 aromatic carbocycles. The van der Waals surface area contributed by atoms with Crippen LogP contribution in [0.1, 0.15) is 31.1 Å². The van der Waals surface area contributed by atoms with E-state index in [1.54, 1.807) is 53.6 Å². The predicted octanol–water partition coefficient (Wildman–Crippen LogP) is 3.72. The maximum atomic E-state index is 13.0. The molecule has 1 amide bonds. The van der Waals surface area contributed by atoms with Gasteiger partial charge in [0.1, 0.15) is 0 Å². The number of hydrogen-bond acceptors (Lipinski definition) is 6. The fourth-order valence-corrected chi connectivity index (χ4v) is 2.79. The number of aromatic nitrogens is 3. The van der Waals surface area contributed by atoms with Crippen molar-refractivity contribution in [2.75, 3.05) is 25.1 Å². The molecule has 0 fully saturated rings. The molecule has 0 spiro atoms. The van der Waals surface area contributed by atoms with Crippen LogP contribution in [0.25, 0.3) is 5.82 Å². The number of amides is 1. The van der Waals surface area contributed by atoms with E-state index in [1.165, 1.54) is 0 Å². The molecule has 2 aromatic heterocycles. The third kappa shape index (κ3) is 4.66. The molecule has 29 heavy (non-hydrogen) atoms. The first kappa shape index (κ1) is 20.2. The Balaban J connectivity index is 1.95. The lowest BCUT2D eigenvalue weighted by molar-refractivity contribution is 0.102. The number of nitrogens with zero attached hydrogens (tertiary/aromatic N) is 3. The van der Waals surface area contributed by atoms with Crippen LogP contribution in [-0.4, -0.2) is 40.5 Å². The summed E-state index contributed by atoms with van der Waals surface area (Å²) < 4.78 is 18.7. The number of ether oxygens (including phenoxy) is 3. The fraction of sp³-hybridized carbons (Fsp3) is 0.286. The van der Waals surface area contributed by atoms with Crippen molar-refractivity contribution in [2.45, 2.75) is 20.8 Å². The summed E-state index contributed by atoms with van der Waals surface area (Å²) in [4.78, 5) is 17.3. The van der Waals surface area contributed by atoms with E-state index in [-0.39, 0.29) is 5.91 Å². The van der Waals surface area contributed by atoms with Crippen molar-refractivity contribution in [3.05, 3.63) is 54.5 Å². The monoisotopic (exact) mass is 396 g/mol. The lowest BCUT2D eigenvalue weighted by Crippen LogP contribution is -2.15. The van der Waals surface area contributed by atoms with E-state index < -0.39 is 0 Å². The molecule has 0 unspecified atom stereocenters. The molecule has 1 N–H and O–H groups in total. The third-order valence-corrected chi connectivity index (χ3v) is 3.93. The van der Waals surface area contributed by atoms with Crippen LogP contribution >= 0.6 is 0 Å². The van der Waals surface area contributed by atoms with E-state index >= 15 is 0 Å². The fourth-order valence-electron chi connectivity index (χ4n) is 2.79. The zero-order chi connectivity index (χ0) is 20.6. The zero-order valence-electron chi connectivity index (χ0n) is 16.7. The number of rotatable bonds is 9. The summed E-state index contributed by atoms with van der Waals surface area (Å²) in [6, 6.07) is 8.60. The van der Waals surface area contributed by atoms with Crippen molar-refractivity contribution in [1.82, 2.24) is 14.8 Å². The minimum atomic E-state index is -0.323. The summed E-state index contributed by atoms with van der Waals surface area (Å²) in [7, 11) is 0. The smallest absolute Gasteiger partial charge is 0.256 e. The molecule has 3 rings (SSSR count). The van der Waals surface area contributed by atoms with Crippen LogP contribution < -0.4 is 19.5 Å². The Morgan fingerprint density at radius 2 is 1.69 bits per heavy atom. The minimum Gasteiger partial charge on any atom is -0.490 e. The largest absolute Gasteiger partial charge is 0.490 e. The molecule has 2 heterocycles. The van der Waals surface area contributed by atoms with Crippen LogP contribution in [0.2, 0.25) is 0 Å². The van der Waals surface area contributed by atoms with Gasteiger partial charge < -0.3 is 19.5 Å². The molecular weight excluding hydrogens is 372 g/mol. The average Bonchev–Trinajstić information content (AvgIpc) is 3.25. The van der Waals surface area contributed by atoms with E-state index in [1.807, 2.05) is 20.8 Å². The highest BCUT2D eigenvalue weighted by Crippen LogP contribution is 2.39. The van der Waals surface area contributed by atoms with Crippen LogP contribution in [0.15, 0.2) is 48.9 Å².